The van der Waals surface area contributed by atoms with E-state index in [9.17, 15) is 9.90 Å². The highest BCUT2D eigenvalue weighted by molar-refractivity contribution is 6.05. The van der Waals surface area contributed by atoms with E-state index >= 15 is 0 Å². The zero-order valence-corrected chi connectivity index (χ0v) is 16.1. The molecule has 0 aromatic heterocycles. The lowest BCUT2D eigenvalue weighted by atomic mass is 9.96. The van der Waals surface area contributed by atoms with E-state index in [-0.39, 0.29) is 17.7 Å². The molecule has 3 aromatic carbocycles. The average Bonchev–Trinajstić information content (AvgIpc) is 2.77. The quantitative estimate of drug-likeness (QED) is 0.546. The van der Waals surface area contributed by atoms with Gasteiger partial charge in [0.2, 0.25) is 0 Å². The van der Waals surface area contributed by atoms with Crippen LogP contribution in [-0.4, -0.2) is 15.9 Å². The lowest BCUT2D eigenvalue weighted by Gasteiger charge is -2.29. The van der Waals surface area contributed by atoms with E-state index < -0.39 is 0 Å². The monoisotopic (exact) mass is 399 g/mol. The van der Waals surface area contributed by atoms with Crippen LogP contribution in [0, 0.1) is 0 Å². The minimum absolute atomic E-state index is 0.190. The first-order valence-corrected chi connectivity index (χ1v) is 9.43. The molecule has 1 aliphatic heterocycles. The highest BCUT2D eigenvalue weighted by atomic mass is 16.5. The third kappa shape index (κ3) is 4.12. The van der Waals surface area contributed by atoms with Crippen LogP contribution in [0.2, 0.25) is 0 Å². The Morgan fingerprint density at radius 1 is 0.933 bits per heavy atom. The third-order valence-corrected chi connectivity index (χ3v) is 4.80. The number of nitrogens with zero attached hydrogens (tertiary/aromatic N) is 1. The number of nitrogens with one attached hydrogen (secondary N) is 1. The molecule has 1 unspecified atom stereocenters. The highest BCUT2D eigenvalue weighted by Crippen LogP contribution is 2.32. The molecular weight excluding hydrogens is 378 g/mol. The zero-order valence-electron chi connectivity index (χ0n) is 16.1. The summed E-state index contributed by atoms with van der Waals surface area (Å²) in [5.74, 6) is -0.0466. The van der Waals surface area contributed by atoms with E-state index in [1.54, 1.807) is 55.0 Å². The van der Waals surface area contributed by atoms with Crippen molar-refractivity contribution < 1.29 is 14.6 Å². The van der Waals surface area contributed by atoms with E-state index in [4.69, 9.17) is 10.5 Å². The number of hydrogen-bond donors (Lipinski definition) is 3. The van der Waals surface area contributed by atoms with Gasteiger partial charge in [-0.05, 0) is 47.5 Å². The number of carbonyl (C=O) groups excluding carboxylic acids is 1. The molecule has 6 heteroatoms. The van der Waals surface area contributed by atoms with Crippen molar-refractivity contribution in [3.8, 4) is 5.75 Å². The Morgan fingerprint density at radius 3 is 2.37 bits per heavy atom. The van der Waals surface area contributed by atoms with Gasteiger partial charge in [0.15, 0.2) is 0 Å². The predicted molar refractivity (Wildman–Crippen MR) is 116 cm³/mol. The fraction of sp³-hybridized carbons (Fsp3) is 0.0417. The number of aromatic hydroxyl groups is 1. The topological polar surface area (TPSA) is 87.8 Å². The average molecular weight is 399 g/mol. The summed E-state index contributed by atoms with van der Waals surface area (Å²) in [4.78, 5) is 14.6. The van der Waals surface area contributed by atoms with Crippen LogP contribution < -0.4 is 11.1 Å². The number of phenols is 1. The molecule has 150 valence electrons. The number of phenolic OH excluding ortho intramolecular Hbond substituents is 1. The van der Waals surface area contributed by atoms with Crippen LogP contribution in [0.1, 0.15) is 27.5 Å². The molecular formula is C24H21N3O3. The molecule has 0 fully saturated rings. The number of ether oxygens (including phenoxy) is 1. The molecule has 1 aliphatic rings. The van der Waals surface area contributed by atoms with Crippen molar-refractivity contribution in [2.24, 2.45) is 0 Å². The van der Waals surface area contributed by atoms with Crippen molar-refractivity contribution in [3.63, 3.8) is 0 Å². The summed E-state index contributed by atoms with van der Waals surface area (Å²) in [5.41, 5.74) is 9.37. The molecule has 0 aliphatic carbocycles. The van der Waals surface area contributed by atoms with Crippen LogP contribution in [0.5, 0.6) is 5.75 Å². The summed E-state index contributed by atoms with van der Waals surface area (Å²) in [6, 6.07) is 21.4. The van der Waals surface area contributed by atoms with Gasteiger partial charge in [-0.2, -0.15) is 0 Å². The van der Waals surface area contributed by atoms with Gasteiger partial charge in [-0.25, -0.2) is 0 Å². The summed E-state index contributed by atoms with van der Waals surface area (Å²) in [5, 5.41) is 12.8. The molecule has 3 aromatic rings. The van der Waals surface area contributed by atoms with Crippen LogP contribution >= 0.6 is 0 Å². The van der Waals surface area contributed by atoms with Gasteiger partial charge in [-0.1, -0.05) is 36.4 Å². The molecule has 0 radical (unpaired) electrons. The number of hydrogen-bond acceptors (Lipinski definition) is 5. The first kappa shape index (κ1) is 19.1. The Bertz CT molecular complexity index is 1090. The molecule has 1 amide bonds. The van der Waals surface area contributed by atoms with Crippen LogP contribution in [0.15, 0.2) is 97.7 Å². The Hall–Kier alpha value is -4.19. The number of anilines is 2. The number of nitrogen functional groups attached to an aromatic ring is 1. The van der Waals surface area contributed by atoms with Crippen LogP contribution in [0.4, 0.5) is 11.4 Å². The van der Waals surface area contributed by atoms with Crippen molar-refractivity contribution in [2.45, 2.75) is 6.04 Å². The number of nitrogens with two attached hydrogens (primary N) is 1. The largest absolute Gasteiger partial charge is 0.508 e. The molecule has 4 rings (SSSR count). The molecule has 0 bridgehead atoms. The van der Waals surface area contributed by atoms with E-state index in [1.807, 2.05) is 47.6 Å². The molecule has 1 heterocycles. The Morgan fingerprint density at radius 2 is 1.67 bits per heavy atom. The van der Waals surface area contributed by atoms with Gasteiger partial charge in [0, 0.05) is 18.0 Å². The van der Waals surface area contributed by atoms with Crippen molar-refractivity contribution in [1.29, 1.82) is 0 Å². The molecule has 1 atom stereocenters. The number of amides is 1. The van der Waals surface area contributed by atoms with Gasteiger partial charge >= 0.3 is 0 Å². The molecule has 0 saturated carbocycles. The molecule has 30 heavy (non-hydrogen) atoms. The van der Waals surface area contributed by atoms with Gasteiger partial charge in [0.25, 0.3) is 5.91 Å². The normalized spacial score (nSPS) is 13.5. The Balaban J connectivity index is 1.61. The number of para-hydroxylation sites is 2. The maximum Gasteiger partial charge on any atom is 0.255 e. The zero-order chi connectivity index (χ0) is 20.9. The first-order chi connectivity index (χ1) is 14.6. The fourth-order valence-corrected chi connectivity index (χ4v) is 3.33. The minimum atomic E-state index is -0.237. The second-order valence-corrected chi connectivity index (χ2v) is 6.81. The van der Waals surface area contributed by atoms with Crippen molar-refractivity contribution in [1.82, 2.24) is 4.90 Å². The predicted octanol–water partition coefficient (Wildman–Crippen LogP) is 4.59. The lowest BCUT2D eigenvalue weighted by molar-refractivity contribution is 0.102. The Kier molecular flexibility index (Phi) is 5.39. The number of carbonyl (C=O) groups is 1. The maximum absolute atomic E-state index is 12.6. The summed E-state index contributed by atoms with van der Waals surface area (Å²) in [7, 11) is 0. The lowest BCUT2D eigenvalue weighted by Crippen LogP contribution is -2.21. The smallest absolute Gasteiger partial charge is 0.255 e. The summed E-state index contributed by atoms with van der Waals surface area (Å²) >= 11 is 0. The standard InChI is InChI=1S/C24H21N3O3/c25-21-6-1-2-7-22(21)26-24(29)18-10-8-17(9-11-18)23(27-12-14-30-15-13-27)19-4-3-5-20(28)16-19/h1-16,23,28H,25H2,(H,26,29). The molecule has 4 N–H and O–H groups in total. The van der Waals surface area contributed by atoms with Gasteiger partial charge in [-0.15, -0.1) is 0 Å². The van der Waals surface area contributed by atoms with E-state index in [0.29, 0.717) is 16.9 Å². The molecule has 6 nitrogen and oxygen atoms in total. The summed E-state index contributed by atoms with van der Waals surface area (Å²) < 4.78 is 5.15. The second kappa shape index (κ2) is 8.45. The van der Waals surface area contributed by atoms with Crippen molar-refractivity contribution in [3.05, 3.63) is 114 Å². The highest BCUT2D eigenvalue weighted by Gasteiger charge is 2.21. The summed E-state index contributed by atoms with van der Waals surface area (Å²) in [6.07, 6.45) is 6.80. The maximum atomic E-state index is 12.6. The van der Waals surface area contributed by atoms with Gasteiger partial charge in [-0.3, -0.25) is 4.79 Å². The molecule has 0 saturated heterocycles. The van der Waals surface area contributed by atoms with Crippen LogP contribution in [0.25, 0.3) is 0 Å². The Labute approximate surface area is 174 Å². The van der Waals surface area contributed by atoms with E-state index in [2.05, 4.69) is 5.32 Å². The van der Waals surface area contributed by atoms with Crippen molar-refractivity contribution >= 4 is 17.3 Å². The molecule has 0 spiro atoms. The van der Waals surface area contributed by atoms with Gasteiger partial charge < -0.3 is 25.8 Å². The SMILES string of the molecule is Nc1ccccc1NC(=O)c1ccc(C(c2cccc(O)c2)N2C=COC=C2)cc1. The number of benzene rings is 3. The summed E-state index contributed by atoms with van der Waals surface area (Å²) in [6.45, 7) is 0. The van der Waals surface area contributed by atoms with E-state index in [1.165, 1.54) is 0 Å². The fourth-order valence-electron chi connectivity index (χ4n) is 3.33. The van der Waals surface area contributed by atoms with E-state index in [0.717, 1.165) is 11.1 Å². The number of rotatable bonds is 5. The van der Waals surface area contributed by atoms with Crippen molar-refractivity contribution in [2.75, 3.05) is 11.1 Å². The van der Waals surface area contributed by atoms with Gasteiger partial charge in [0.05, 0.1) is 17.4 Å². The van der Waals surface area contributed by atoms with Crippen LogP contribution in [0.3, 0.4) is 0 Å². The first-order valence-electron chi connectivity index (χ1n) is 9.43. The second-order valence-electron chi connectivity index (χ2n) is 6.81. The van der Waals surface area contributed by atoms with Gasteiger partial charge in [0.1, 0.15) is 18.3 Å². The van der Waals surface area contributed by atoms with Crippen LogP contribution in [-0.2, 0) is 4.74 Å². The third-order valence-electron chi connectivity index (χ3n) is 4.80. The minimum Gasteiger partial charge on any atom is -0.508 e.